The zero-order valence-electron chi connectivity index (χ0n) is 19.7. The van der Waals surface area contributed by atoms with E-state index >= 15 is 0 Å². The van der Waals surface area contributed by atoms with E-state index in [-0.39, 0.29) is 5.75 Å². The Kier molecular flexibility index (Phi) is 6.36. The van der Waals surface area contributed by atoms with Crippen molar-refractivity contribution in [3.63, 3.8) is 0 Å². The molecule has 7 heteroatoms. The third-order valence-corrected chi connectivity index (χ3v) is 6.09. The molecule has 1 heterocycles. The quantitative estimate of drug-likeness (QED) is 0.367. The van der Waals surface area contributed by atoms with Crippen LogP contribution in [0.25, 0.3) is 22.6 Å². The number of carbonyl (C=O) groups excluding carboxylic acids is 2. The van der Waals surface area contributed by atoms with Crippen LogP contribution in [0.3, 0.4) is 0 Å². The molecule has 0 aliphatic heterocycles. The Morgan fingerprint density at radius 3 is 2.50 bits per heavy atom. The van der Waals surface area contributed by atoms with Crippen molar-refractivity contribution in [2.45, 2.75) is 12.8 Å². The number of phenolic OH excluding ortho intramolecular Hbond substituents is 1. The van der Waals surface area contributed by atoms with Gasteiger partial charge in [-0.15, -0.1) is 0 Å². The lowest BCUT2D eigenvalue weighted by Gasteiger charge is -2.12. The van der Waals surface area contributed by atoms with Crippen LogP contribution in [0.4, 0.5) is 5.69 Å². The molecule has 0 radical (unpaired) electrons. The fraction of sp³-hybridized carbons (Fsp3) is 0.138. The van der Waals surface area contributed by atoms with Crippen molar-refractivity contribution >= 4 is 40.1 Å². The highest BCUT2D eigenvalue weighted by atomic mass is 16.5. The summed E-state index contributed by atoms with van der Waals surface area (Å²) >= 11 is 0. The van der Waals surface area contributed by atoms with E-state index in [9.17, 15) is 14.7 Å². The molecular formula is C29H24N2O5. The van der Waals surface area contributed by atoms with E-state index in [1.54, 1.807) is 43.5 Å². The van der Waals surface area contributed by atoms with Crippen LogP contribution in [0, 0.1) is 0 Å². The maximum Gasteiger partial charge on any atom is 0.339 e. The van der Waals surface area contributed by atoms with Crippen LogP contribution in [0.15, 0.2) is 72.8 Å². The molecule has 4 aromatic rings. The average molecular weight is 481 g/mol. The average Bonchev–Trinajstić information content (AvgIpc) is 3.29. The number of allylic oxidation sites excluding steroid dienone is 1. The lowest BCUT2D eigenvalue weighted by atomic mass is 10.0. The molecule has 36 heavy (non-hydrogen) atoms. The lowest BCUT2D eigenvalue weighted by molar-refractivity contribution is -0.119. The fourth-order valence-corrected chi connectivity index (χ4v) is 4.36. The molecule has 3 aromatic carbocycles. The highest BCUT2D eigenvalue weighted by Gasteiger charge is 2.28. The van der Waals surface area contributed by atoms with Crippen molar-refractivity contribution in [2.24, 2.45) is 0 Å². The van der Waals surface area contributed by atoms with Gasteiger partial charge in [0, 0.05) is 11.1 Å². The summed E-state index contributed by atoms with van der Waals surface area (Å²) in [5.74, 6) is -0.108. The van der Waals surface area contributed by atoms with Gasteiger partial charge in [-0.05, 0) is 78.1 Å². The minimum absolute atomic E-state index is 0.203. The number of phenols is 1. The van der Waals surface area contributed by atoms with Crippen LogP contribution < -0.4 is 10.1 Å². The van der Waals surface area contributed by atoms with Crippen LogP contribution >= 0.6 is 0 Å². The summed E-state index contributed by atoms with van der Waals surface area (Å²) in [7, 11) is 1.57. The molecule has 0 spiro atoms. The molecule has 0 fully saturated rings. The van der Waals surface area contributed by atoms with Crippen molar-refractivity contribution in [2.75, 3.05) is 19.0 Å². The smallest absolute Gasteiger partial charge is 0.339 e. The van der Waals surface area contributed by atoms with Gasteiger partial charge in [0.15, 0.2) is 6.61 Å². The Morgan fingerprint density at radius 2 is 1.75 bits per heavy atom. The number of hydrogen-bond acceptors (Lipinski definition) is 6. The molecule has 5 rings (SSSR count). The molecule has 180 valence electrons. The highest BCUT2D eigenvalue weighted by Crippen LogP contribution is 2.38. The first-order valence-corrected chi connectivity index (χ1v) is 11.5. The van der Waals surface area contributed by atoms with Crippen LogP contribution in [-0.4, -0.2) is 35.7 Å². The van der Waals surface area contributed by atoms with Crippen molar-refractivity contribution in [3.8, 4) is 11.5 Å². The van der Waals surface area contributed by atoms with Crippen molar-refractivity contribution < 1.29 is 24.2 Å². The molecule has 0 bridgehead atoms. The SMILES string of the molecule is COc1ccc(NC(=O)COC(=O)c2c3c(nc4ccccc24)C(=Cc2ccc(O)cc2)CC3)cc1. The summed E-state index contributed by atoms with van der Waals surface area (Å²) in [5, 5.41) is 13.0. The van der Waals surface area contributed by atoms with Gasteiger partial charge in [0.25, 0.3) is 5.91 Å². The van der Waals surface area contributed by atoms with Gasteiger partial charge in [-0.1, -0.05) is 30.3 Å². The Labute approximate surface area is 208 Å². The summed E-state index contributed by atoms with van der Waals surface area (Å²) < 4.78 is 10.6. The van der Waals surface area contributed by atoms with E-state index in [1.165, 1.54) is 0 Å². The minimum atomic E-state index is -0.555. The number of fused-ring (bicyclic) bond motifs is 2. The van der Waals surface area contributed by atoms with Gasteiger partial charge in [-0.2, -0.15) is 0 Å². The standard InChI is InChI=1S/C29H24N2O5/c1-35-22-13-9-20(10-14-22)30-26(33)17-36-29(34)27-23-4-2-3-5-25(23)31-28-19(8-15-24(27)28)16-18-6-11-21(32)12-7-18/h2-7,9-14,16,32H,8,15,17H2,1H3,(H,30,33). The van der Waals surface area contributed by atoms with Gasteiger partial charge in [0.1, 0.15) is 11.5 Å². The highest BCUT2D eigenvalue weighted by molar-refractivity contribution is 6.08. The second-order valence-corrected chi connectivity index (χ2v) is 8.45. The van der Waals surface area contributed by atoms with Crippen LogP contribution in [0.2, 0.25) is 0 Å². The largest absolute Gasteiger partial charge is 0.508 e. The monoisotopic (exact) mass is 480 g/mol. The second kappa shape index (κ2) is 9.92. The van der Waals surface area contributed by atoms with E-state index < -0.39 is 18.5 Å². The third-order valence-electron chi connectivity index (χ3n) is 6.09. The number of pyridine rings is 1. The number of nitrogens with zero attached hydrogens (tertiary/aromatic N) is 1. The normalized spacial score (nSPS) is 13.4. The van der Waals surface area contributed by atoms with Crippen LogP contribution in [0.5, 0.6) is 11.5 Å². The Bertz CT molecular complexity index is 1470. The minimum Gasteiger partial charge on any atom is -0.508 e. The fourth-order valence-electron chi connectivity index (χ4n) is 4.36. The molecule has 7 nitrogen and oxygen atoms in total. The molecule has 1 aliphatic rings. The summed E-state index contributed by atoms with van der Waals surface area (Å²) in [4.78, 5) is 30.5. The predicted octanol–water partition coefficient (Wildman–Crippen LogP) is 5.23. The molecule has 1 aliphatic carbocycles. The molecule has 0 atom stereocenters. The summed E-state index contributed by atoms with van der Waals surface area (Å²) in [6.07, 6.45) is 3.38. The topological polar surface area (TPSA) is 97.8 Å². The number of benzene rings is 3. The van der Waals surface area contributed by atoms with Crippen molar-refractivity contribution in [1.82, 2.24) is 4.98 Å². The van der Waals surface area contributed by atoms with Crippen molar-refractivity contribution in [3.05, 3.63) is 95.2 Å². The number of para-hydroxylation sites is 1. The molecule has 2 N–H and O–H groups in total. The maximum atomic E-state index is 13.3. The number of aromatic hydroxyl groups is 1. The molecule has 0 saturated carbocycles. The van der Waals surface area contributed by atoms with Gasteiger partial charge in [-0.25, -0.2) is 9.78 Å². The lowest BCUT2D eigenvalue weighted by Crippen LogP contribution is -2.21. The number of esters is 1. The summed E-state index contributed by atoms with van der Waals surface area (Å²) in [6, 6.07) is 21.3. The first-order chi connectivity index (χ1) is 17.5. The Balaban J connectivity index is 1.40. The van der Waals surface area contributed by atoms with Crippen molar-refractivity contribution in [1.29, 1.82) is 0 Å². The number of rotatable bonds is 6. The number of ether oxygens (including phenoxy) is 2. The van der Waals surface area contributed by atoms with Crippen LogP contribution in [0.1, 0.15) is 33.6 Å². The van der Waals surface area contributed by atoms with E-state index in [0.717, 1.165) is 28.8 Å². The maximum absolute atomic E-state index is 13.3. The van der Waals surface area contributed by atoms with Gasteiger partial charge in [0.2, 0.25) is 0 Å². The number of hydrogen-bond donors (Lipinski definition) is 2. The van der Waals surface area contributed by atoms with E-state index in [1.807, 2.05) is 42.5 Å². The number of carbonyl (C=O) groups is 2. The van der Waals surface area contributed by atoms with Gasteiger partial charge in [0.05, 0.1) is 23.9 Å². The number of methoxy groups -OCH3 is 1. The number of nitrogens with one attached hydrogen (secondary N) is 1. The van der Waals surface area contributed by atoms with Gasteiger partial charge < -0.3 is 19.9 Å². The zero-order valence-corrected chi connectivity index (χ0v) is 19.7. The summed E-state index contributed by atoms with van der Waals surface area (Å²) in [6.45, 7) is -0.410. The van der Waals surface area contributed by atoms with Gasteiger partial charge >= 0.3 is 5.97 Å². The first kappa shape index (κ1) is 23.1. The van der Waals surface area contributed by atoms with Crippen LogP contribution in [-0.2, 0) is 16.0 Å². The third kappa shape index (κ3) is 4.77. The molecule has 0 unspecified atom stereocenters. The molecule has 1 aromatic heterocycles. The zero-order chi connectivity index (χ0) is 25.1. The van der Waals surface area contributed by atoms with E-state index in [4.69, 9.17) is 14.5 Å². The van der Waals surface area contributed by atoms with E-state index in [0.29, 0.717) is 34.3 Å². The molecular weight excluding hydrogens is 456 g/mol. The molecule has 0 saturated heterocycles. The van der Waals surface area contributed by atoms with E-state index in [2.05, 4.69) is 5.32 Å². The first-order valence-electron chi connectivity index (χ1n) is 11.5. The predicted molar refractivity (Wildman–Crippen MR) is 138 cm³/mol. The Hall–Kier alpha value is -4.65. The second-order valence-electron chi connectivity index (χ2n) is 8.45. The summed E-state index contributed by atoms with van der Waals surface area (Å²) in [5.41, 5.74) is 5.23. The Morgan fingerprint density at radius 1 is 1.00 bits per heavy atom. The number of amides is 1. The number of aromatic nitrogens is 1. The number of anilines is 1. The van der Waals surface area contributed by atoms with Gasteiger partial charge in [-0.3, -0.25) is 4.79 Å². The molecule has 1 amide bonds.